The van der Waals surface area contributed by atoms with Crippen molar-refractivity contribution in [1.29, 1.82) is 0 Å². The van der Waals surface area contributed by atoms with Gasteiger partial charge in [-0.25, -0.2) is 0 Å². The van der Waals surface area contributed by atoms with Gasteiger partial charge >= 0.3 is 0 Å². The molecule has 1 aliphatic heterocycles. The Morgan fingerprint density at radius 3 is 2.71 bits per heavy atom. The molecule has 0 bridgehead atoms. The van der Waals surface area contributed by atoms with E-state index in [1.165, 1.54) is 5.70 Å². The first-order chi connectivity index (χ1) is 6.86. The molecule has 74 valence electrons. The van der Waals surface area contributed by atoms with Crippen LogP contribution >= 0.6 is 0 Å². The van der Waals surface area contributed by atoms with Gasteiger partial charge in [-0.1, -0.05) is 12.2 Å². The Balaban J connectivity index is 2.05. The summed E-state index contributed by atoms with van der Waals surface area (Å²) in [6.45, 7) is 4.54. The molecule has 14 heavy (non-hydrogen) atoms. The van der Waals surface area contributed by atoms with Crippen LogP contribution in [0.15, 0.2) is 41.8 Å². The fourth-order valence-electron chi connectivity index (χ4n) is 1.71. The van der Waals surface area contributed by atoms with Gasteiger partial charge < -0.3 is 9.80 Å². The standard InChI is InChI=1S/C12H16N2/c1-13-8-10-14(11-9-13)12-6-4-2-3-5-7-12/h2-4,6-7H,8-11H2,1H3. The van der Waals surface area contributed by atoms with Gasteiger partial charge in [0.2, 0.25) is 0 Å². The Morgan fingerprint density at radius 2 is 1.93 bits per heavy atom. The van der Waals surface area contributed by atoms with Gasteiger partial charge in [-0.3, -0.25) is 0 Å². The van der Waals surface area contributed by atoms with Gasteiger partial charge in [0, 0.05) is 38.0 Å². The normalized spacial score (nSPS) is 22.4. The van der Waals surface area contributed by atoms with E-state index in [0.717, 1.165) is 26.2 Å². The maximum absolute atomic E-state index is 3.15. The molecule has 2 heteroatoms. The topological polar surface area (TPSA) is 6.48 Å². The molecule has 2 aliphatic rings. The summed E-state index contributed by atoms with van der Waals surface area (Å²) in [4.78, 5) is 4.78. The minimum absolute atomic E-state index is 1.12. The Hall–Kier alpha value is -1.24. The monoisotopic (exact) mass is 188 g/mol. The zero-order chi connectivity index (χ0) is 9.80. The van der Waals surface area contributed by atoms with E-state index in [2.05, 4.69) is 40.8 Å². The van der Waals surface area contributed by atoms with Gasteiger partial charge in [0.25, 0.3) is 0 Å². The molecule has 0 amide bonds. The lowest BCUT2D eigenvalue weighted by Crippen LogP contribution is -2.43. The molecule has 0 radical (unpaired) electrons. The van der Waals surface area contributed by atoms with E-state index < -0.39 is 0 Å². The first-order valence-corrected chi connectivity index (χ1v) is 5.09. The van der Waals surface area contributed by atoms with Gasteiger partial charge in [-0.2, -0.15) is 0 Å². The molecule has 0 aromatic rings. The van der Waals surface area contributed by atoms with Crippen molar-refractivity contribution < 1.29 is 0 Å². The fourth-order valence-corrected chi connectivity index (χ4v) is 1.71. The van der Waals surface area contributed by atoms with E-state index in [4.69, 9.17) is 0 Å². The average molecular weight is 188 g/mol. The van der Waals surface area contributed by atoms with Gasteiger partial charge in [-0.15, -0.1) is 5.73 Å². The second-order valence-electron chi connectivity index (χ2n) is 3.74. The van der Waals surface area contributed by atoms with Gasteiger partial charge in [0.15, 0.2) is 0 Å². The molecule has 0 saturated carbocycles. The van der Waals surface area contributed by atoms with Crippen LogP contribution in [0.4, 0.5) is 0 Å². The summed E-state index contributed by atoms with van der Waals surface area (Å²) >= 11 is 0. The number of nitrogens with zero attached hydrogens (tertiary/aromatic N) is 2. The summed E-state index contributed by atoms with van der Waals surface area (Å²) in [5.74, 6) is 0. The van der Waals surface area contributed by atoms with Crippen molar-refractivity contribution in [3.63, 3.8) is 0 Å². The summed E-state index contributed by atoms with van der Waals surface area (Å²) in [7, 11) is 2.18. The van der Waals surface area contributed by atoms with Crippen LogP contribution in [0.2, 0.25) is 0 Å². The molecule has 1 aliphatic carbocycles. The van der Waals surface area contributed by atoms with Crippen LogP contribution in [-0.2, 0) is 0 Å². The second-order valence-corrected chi connectivity index (χ2v) is 3.74. The minimum atomic E-state index is 1.12. The molecule has 0 unspecified atom stereocenters. The Kier molecular flexibility index (Phi) is 2.87. The van der Waals surface area contributed by atoms with Crippen LogP contribution in [0.1, 0.15) is 0 Å². The molecule has 2 rings (SSSR count). The van der Waals surface area contributed by atoms with Gasteiger partial charge in [-0.05, 0) is 19.2 Å². The number of rotatable bonds is 1. The number of likely N-dealkylation sites (N-methyl/N-ethyl adjacent to an activating group) is 1. The highest BCUT2D eigenvalue weighted by Gasteiger charge is 2.14. The van der Waals surface area contributed by atoms with Gasteiger partial charge in [0.1, 0.15) is 0 Å². The van der Waals surface area contributed by atoms with Crippen LogP contribution in [0, 0.1) is 0 Å². The van der Waals surface area contributed by atoms with Crippen molar-refractivity contribution in [3.05, 3.63) is 41.8 Å². The highest BCUT2D eigenvalue weighted by atomic mass is 15.2. The molecule has 1 heterocycles. The molecule has 0 N–H and O–H groups in total. The summed E-state index contributed by atoms with van der Waals surface area (Å²) in [6.07, 6.45) is 10.2. The largest absolute Gasteiger partial charge is 0.368 e. The molecule has 2 nitrogen and oxygen atoms in total. The molecule has 1 saturated heterocycles. The predicted octanol–water partition coefficient (Wildman–Crippen LogP) is 1.40. The summed E-state index contributed by atoms with van der Waals surface area (Å²) < 4.78 is 0. The maximum Gasteiger partial charge on any atom is 0.0445 e. The average Bonchev–Trinajstić information content (AvgIpc) is 2.47. The lowest BCUT2D eigenvalue weighted by atomic mass is 10.2. The van der Waals surface area contributed by atoms with Crippen molar-refractivity contribution in [2.24, 2.45) is 0 Å². The summed E-state index contributed by atoms with van der Waals surface area (Å²) in [6, 6.07) is 0. The van der Waals surface area contributed by atoms with Crippen molar-refractivity contribution in [2.75, 3.05) is 33.2 Å². The van der Waals surface area contributed by atoms with E-state index in [0.29, 0.717) is 0 Å². The van der Waals surface area contributed by atoms with Crippen LogP contribution in [0.5, 0.6) is 0 Å². The van der Waals surface area contributed by atoms with Crippen LogP contribution in [0.25, 0.3) is 0 Å². The minimum Gasteiger partial charge on any atom is -0.368 e. The van der Waals surface area contributed by atoms with Crippen LogP contribution in [-0.4, -0.2) is 43.0 Å². The third-order valence-corrected chi connectivity index (χ3v) is 2.67. The number of piperazine rings is 1. The van der Waals surface area contributed by atoms with Gasteiger partial charge in [0.05, 0.1) is 0 Å². The highest BCUT2D eigenvalue weighted by Crippen LogP contribution is 2.10. The molecule has 1 fully saturated rings. The van der Waals surface area contributed by atoms with Crippen LogP contribution in [0.3, 0.4) is 0 Å². The third kappa shape index (κ3) is 2.16. The maximum atomic E-state index is 3.15. The lowest BCUT2D eigenvalue weighted by molar-refractivity contribution is 0.190. The van der Waals surface area contributed by atoms with E-state index in [1.54, 1.807) is 0 Å². The van der Waals surface area contributed by atoms with Crippen molar-refractivity contribution in [1.82, 2.24) is 9.80 Å². The van der Waals surface area contributed by atoms with Crippen LogP contribution < -0.4 is 0 Å². The molecular formula is C12H16N2. The SMILES string of the molecule is CN1CCN(C2=CC=CC=C=C2)CC1. The zero-order valence-electron chi connectivity index (χ0n) is 8.61. The smallest absolute Gasteiger partial charge is 0.0445 e. The van der Waals surface area contributed by atoms with E-state index in [1.807, 2.05) is 12.2 Å². The lowest BCUT2D eigenvalue weighted by Gasteiger charge is -2.34. The number of hydrogen-bond acceptors (Lipinski definition) is 2. The fraction of sp³-hybridized carbons (Fsp3) is 0.417. The zero-order valence-corrected chi connectivity index (χ0v) is 8.61. The Morgan fingerprint density at radius 1 is 1.14 bits per heavy atom. The highest BCUT2D eigenvalue weighted by molar-refractivity contribution is 5.28. The molecular weight excluding hydrogens is 172 g/mol. The van der Waals surface area contributed by atoms with E-state index in [9.17, 15) is 0 Å². The summed E-state index contributed by atoms with van der Waals surface area (Å²) in [5.41, 5.74) is 4.43. The van der Waals surface area contributed by atoms with Crippen molar-refractivity contribution in [3.8, 4) is 0 Å². The molecule has 0 spiro atoms. The summed E-state index contributed by atoms with van der Waals surface area (Å²) in [5, 5.41) is 0. The van der Waals surface area contributed by atoms with E-state index >= 15 is 0 Å². The molecule has 0 aromatic heterocycles. The first kappa shape index (κ1) is 9.32. The number of hydrogen-bond donors (Lipinski definition) is 0. The quantitative estimate of drug-likeness (QED) is 0.574. The van der Waals surface area contributed by atoms with Crippen molar-refractivity contribution >= 4 is 0 Å². The molecule has 0 aromatic carbocycles. The first-order valence-electron chi connectivity index (χ1n) is 5.09. The Labute approximate surface area is 85.5 Å². The third-order valence-electron chi connectivity index (χ3n) is 2.67. The molecule has 0 atom stereocenters. The van der Waals surface area contributed by atoms with E-state index in [-0.39, 0.29) is 0 Å². The van der Waals surface area contributed by atoms with Crippen molar-refractivity contribution in [2.45, 2.75) is 0 Å². The number of allylic oxidation sites excluding steroid dienone is 4. The Bertz CT molecular complexity index is 311. The second kappa shape index (κ2) is 4.32. The predicted molar refractivity (Wildman–Crippen MR) is 58.9 cm³/mol.